The van der Waals surface area contributed by atoms with E-state index in [4.69, 9.17) is 5.11 Å². The lowest BCUT2D eigenvalue weighted by molar-refractivity contribution is -0.276. The maximum atomic E-state index is 12.0. The van der Waals surface area contributed by atoms with Crippen molar-refractivity contribution in [2.45, 2.75) is 11.7 Å². The second-order valence-corrected chi connectivity index (χ2v) is 3.41. The molecule has 0 atom stereocenters. The van der Waals surface area contributed by atoms with Crippen LogP contribution in [-0.2, 0) is 5.33 Å². The van der Waals surface area contributed by atoms with Crippen molar-refractivity contribution in [3.8, 4) is 5.88 Å². The third-order valence-electron chi connectivity index (χ3n) is 1.67. The molecular formula is C8H5BrF3NO4. The SMILES string of the molecule is O=C(O)c1cc(CBr)c(=O)[nH]c1OC(F)(F)F. The van der Waals surface area contributed by atoms with Gasteiger partial charge in [0.15, 0.2) is 0 Å². The quantitative estimate of drug-likeness (QED) is 0.834. The lowest BCUT2D eigenvalue weighted by Gasteiger charge is -2.11. The molecule has 0 fully saturated rings. The molecule has 0 aliphatic carbocycles. The van der Waals surface area contributed by atoms with Crippen molar-refractivity contribution >= 4 is 21.9 Å². The fraction of sp³-hybridized carbons (Fsp3) is 0.250. The number of ether oxygens (including phenoxy) is 1. The molecule has 0 aliphatic heterocycles. The molecule has 0 aliphatic rings. The van der Waals surface area contributed by atoms with Gasteiger partial charge in [-0.25, -0.2) is 4.79 Å². The molecule has 0 bridgehead atoms. The largest absolute Gasteiger partial charge is 0.574 e. The predicted octanol–water partition coefficient (Wildman–Crippen LogP) is 1.87. The Morgan fingerprint density at radius 2 is 2.12 bits per heavy atom. The zero-order valence-corrected chi connectivity index (χ0v) is 9.55. The van der Waals surface area contributed by atoms with Crippen LogP contribution >= 0.6 is 15.9 Å². The second-order valence-electron chi connectivity index (χ2n) is 2.85. The van der Waals surface area contributed by atoms with Gasteiger partial charge in [-0.2, -0.15) is 0 Å². The smallest absolute Gasteiger partial charge is 0.477 e. The lowest BCUT2D eigenvalue weighted by atomic mass is 10.2. The highest BCUT2D eigenvalue weighted by molar-refractivity contribution is 9.08. The summed E-state index contributed by atoms with van der Waals surface area (Å²) in [5.41, 5.74) is -1.64. The van der Waals surface area contributed by atoms with Gasteiger partial charge in [0.05, 0.1) is 0 Å². The van der Waals surface area contributed by atoms with Gasteiger partial charge in [-0.3, -0.25) is 9.78 Å². The van der Waals surface area contributed by atoms with Crippen molar-refractivity contribution in [3.05, 3.63) is 27.5 Å². The number of alkyl halides is 4. The Morgan fingerprint density at radius 3 is 2.53 bits per heavy atom. The molecule has 0 aromatic carbocycles. The standard InChI is InChI=1S/C8H5BrF3NO4/c9-2-3-1-4(7(15)16)6(13-5(3)14)17-8(10,11)12/h1H,2H2,(H,13,14)(H,15,16). The van der Waals surface area contributed by atoms with E-state index >= 15 is 0 Å². The Hall–Kier alpha value is -1.51. The van der Waals surface area contributed by atoms with E-state index < -0.39 is 29.3 Å². The van der Waals surface area contributed by atoms with Crippen molar-refractivity contribution in [2.75, 3.05) is 0 Å². The predicted molar refractivity (Wildman–Crippen MR) is 53.3 cm³/mol. The lowest BCUT2D eigenvalue weighted by Crippen LogP contribution is -2.23. The molecule has 1 aromatic heterocycles. The van der Waals surface area contributed by atoms with E-state index in [2.05, 4.69) is 20.7 Å². The first kappa shape index (κ1) is 13.6. The molecule has 1 aromatic rings. The summed E-state index contributed by atoms with van der Waals surface area (Å²) in [6.45, 7) is 0. The Kier molecular flexibility index (Phi) is 3.81. The van der Waals surface area contributed by atoms with Crippen molar-refractivity contribution in [1.82, 2.24) is 4.98 Å². The molecule has 0 saturated carbocycles. The number of carboxylic acid groups (broad SMARTS) is 1. The fourth-order valence-corrected chi connectivity index (χ4v) is 1.43. The van der Waals surface area contributed by atoms with E-state index in [1.54, 1.807) is 4.98 Å². The number of aromatic carboxylic acids is 1. The molecule has 94 valence electrons. The molecular weight excluding hydrogens is 311 g/mol. The zero-order chi connectivity index (χ0) is 13.2. The Morgan fingerprint density at radius 1 is 1.53 bits per heavy atom. The highest BCUT2D eigenvalue weighted by Crippen LogP contribution is 2.24. The van der Waals surface area contributed by atoms with Gasteiger partial charge in [0.2, 0.25) is 5.88 Å². The van der Waals surface area contributed by atoms with E-state index in [9.17, 15) is 22.8 Å². The van der Waals surface area contributed by atoms with Gasteiger partial charge < -0.3 is 9.84 Å². The summed E-state index contributed by atoms with van der Waals surface area (Å²) in [5, 5.41) is 8.70. The van der Waals surface area contributed by atoms with Crippen molar-refractivity contribution in [2.24, 2.45) is 0 Å². The van der Waals surface area contributed by atoms with Crippen LogP contribution in [0.4, 0.5) is 13.2 Å². The van der Waals surface area contributed by atoms with Crippen LogP contribution in [0, 0.1) is 0 Å². The summed E-state index contributed by atoms with van der Waals surface area (Å²) in [6, 6.07) is 0.816. The van der Waals surface area contributed by atoms with Crippen LogP contribution in [-0.4, -0.2) is 22.4 Å². The first-order chi connectivity index (χ1) is 7.74. The second kappa shape index (κ2) is 4.78. The van der Waals surface area contributed by atoms with Crippen LogP contribution in [0.2, 0.25) is 0 Å². The van der Waals surface area contributed by atoms with Crippen LogP contribution in [0.15, 0.2) is 10.9 Å². The van der Waals surface area contributed by atoms with E-state index in [-0.39, 0.29) is 10.9 Å². The number of hydrogen-bond acceptors (Lipinski definition) is 3. The van der Waals surface area contributed by atoms with Gasteiger partial charge >= 0.3 is 12.3 Å². The maximum absolute atomic E-state index is 12.0. The molecule has 2 N–H and O–H groups in total. The van der Waals surface area contributed by atoms with E-state index in [1.165, 1.54) is 0 Å². The number of rotatable bonds is 3. The molecule has 0 amide bonds. The number of carbonyl (C=O) groups is 1. The van der Waals surface area contributed by atoms with Crippen LogP contribution in [0.1, 0.15) is 15.9 Å². The molecule has 0 saturated heterocycles. The highest BCUT2D eigenvalue weighted by atomic mass is 79.9. The Bertz CT molecular complexity index is 497. The number of nitrogens with one attached hydrogen (secondary N) is 1. The van der Waals surface area contributed by atoms with Crippen molar-refractivity contribution in [1.29, 1.82) is 0 Å². The van der Waals surface area contributed by atoms with Gasteiger partial charge in [0, 0.05) is 10.9 Å². The third-order valence-corrected chi connectivity index (χ3v) is 2.28. The number of aromatic amines is 1. The normalized spacial score (nSPS) is 11.3. The first-order valence-corrected chi connectivity index (χ1v) is 5.18. The summed E-state index contributed by atoms with van der Waals surface area (Å²) in [5.74, 6) is -2.78. The number of pyridine rings is 1. The first-order valence-electron chi connectivity index (χ1n) is 4.06. The van der Waals surface area contributed by atoms with E-state index in [0.29, 0.717) is 0 Å². The zero-order valence-electron chi connectivity index (χ0n) is 7.97. The van der Waals surface area contributed by atoms with Gasteiger partial charge in [0.25, 0.3) is 5.56 Å². The molecule has 17 heavy (non-hydrogen) atoms. The van der Waals surface area contributed by atoms with Crippen molar-refractivity contribution < 1.29 is 27.8 Å². The minimum Gasteiger partial charge on any atom is -0.477 e. The van der Waals surface area contributed by atoms with Crippen LogP contribution in [0.5, 0.6) is 5.88 Å². The van der Waals surface area contributed by atoms with Gasteiger partial charge in [-0.15, -0.1) is 13.2 Å². The number of halogens is 4. The molecule has 9 heteroatoms. The molecule has 0 spiro atoms. The molecule has 5 nitrogen and oxygen atoms in total. The summed E-state index contributed by atoms with van der Waals surface area (Å²) in [6.07, 6.45) is -5.08. The fourth-order valence-electron chi connectivity index (χ4n) is 1.01. The summed E-state index contributed by atoms with van der Waals surface area (Å²) in [4.78, 5) is 23.6. The van der Waals surface area contributed by atoms with Crippen LogP contribution in [0.3, 0.4) is 0 Å². The maximum Gasteiger partial charge on any atom is 0.574 e. The minimum absolute atomic E-state index is 0.00884. The van der Waals surface area contributed by atoms with Gasteiger partial charge in [-0.1, -0.05) is 15.9 Å². The highest BCUT2D eigenvalue weighted by Gasteiger charge is 2.34. The number of aromatic nitrogens is 1. The number of hydrogen-bond donors (Lipinski definition) is 2. The Labute approximate surface area is 100 Å². The summed E-state index contributed by atoms with van der Waals surface area (Å²) >= 11 is 2.90. The molecule has 1 heterocycles. The summed E-state index contributed by atoms with van der Waals surface area (Å²) in [7, 11) is 0. The average molecular weight is 316 g/mol. The van der Waals surface area contributed by atoms with Crippen molar-refractivity contribution in [3.63, 3.8) is 0 Å². The van der Waals surface area contributed by atoms with Crippen LogP contribution in [0.25, 0.3) is 0 Å². The monoisotopic (exact) mass is 315 g/mol. The minimum atomic E-state index is -5.08. The molecule has 1 rings (SSSR count). The Balaban J connectivity index is 3.33. The summed E-state index contributed by atoms with van der Waals surface area (Å²) < 4.78 is 39.3. The number of H-pyrrole nitrogens is 1. The van der Waals surface area contributed by atoms with Gasteiger partial charge in [0.1, 0.15) is 5.56 Å². The van der Waals surface area contributed by atoms with E-state index in [1.807, 2.05) is 0 Å². The third kappa shape index (κ3) is 3.48. The number of carboxylic acids is 1. The molecule has 0 unspecified atom stereocenters. The topological polar surface area (TPSA) is 79.4 Å². The van der Waals surface area contributed by atoms with Crippen LogP contribution < -0.4 is 10.3 Å². The van der Waals surface area contributed by atoms with Gasteiger partial charge in [-0.05, 0) is 6.07 Å². The molecule has 0 radical (unpaired) electrons. The average Bonchev–Trinajstić information content (AvgIpc) is 2.14. The van der Waals surface area contributed by atoms with E-state index in [0.717, 1.165) is 6.07 Å².